The van der Waals surface area contributed by atoms with Crippen molar-refractivity contribution in [2.24, 2.45) is 5.92 Å². The first-order valence-corrected chi connectivity index (χ1v) is 10.2. The molecule has 2 atom stereocenters. The molecule has 0 radical (unpaired) electrons. The first-order chi connectivity index (χ1) is 12.1. The van der Waals surface area contributed by atoms with Crippen molar-refractivity contribution in [2.45, 2.75) is 45.2 Å². The maximum atomic E-state index is 13.0. The van der Waals surface area contributed by atoms with Crippen LogP contribution in [0.1, 0.15) is 47.3 Å². The Hall–Kier alpha value is -1.47. The highest BCUT2D eigenvalue weighted by molar-refractivity contribution is 7.13. The lowest BCUT2D eigenvalue weighted by atomic mass is 9.95. The molecule has 1 aromatic rings. The number of fused-ring (bicyclic) bond motifs is 4. The van der Waals surface area contributed by atoms with E-state index in [-0.39, 0.29) is 17.9 Å². The molecule has 6 nitrogen and oxygen atoms in total. The van der Waals surface area contributed by atoms with Gasteiger partial charge in [0.2, 0.25) is 5.91 Å². The lowest BCUT2D eigenvalue weighted by Crippen LogP contribution is -2.47. The van der Waals surface area contributed by atoms with Gasteiger partial charge in [-0.05, 0) is 44.7 Å². The number of thiazole rings is 1. The molecule has 0 unspecified atom stereocenters. The minimum atomic E-state index is 0.102. The molecule has 5 heterocycles. The van der Waals surface area contributed by atoms with Gasteiger partial charge in [0.1, 0.15) is 9.88 Å². The van der Waals surface area contributed by atoms with E-state index in [2.05, 4.69) is 9.88 Å². The predicted molar refractivity (Wildman–Crippen MR) is 96.4 cm³/mol. The summed E-state index contributed by atoms with van der Waals surface area (Å²) >= 11 is 1.54. The van der Waals surface area contributed by atoms with Crippen molar-refractivity contribution in [1.29, 1.82) is 0 Å². The second-order valence-corrected chi connectivity index (χ2v) is 8.70. The highest BCUT2D eigenvalue weighted by Gasteiger charge is 2.38. The molecule has 0 saturated carbocycles. The number of piperidine rings is 1. The molecule has 25 heavy (non-hydrogen) atoms. The number of rotatable bonds is 3. The molecule has 4 aliphatic heterocycles. The molecule has 2 amide bonds. The summed E-state index contributed by atoms with van der Waals surface area (Å²) in [5.41, 5.74) is 0. The standard InChI is InChI=1S/C18H26N4O2S/c1-13(23)21-9-14-4-5-15(11-21)22(10-14)18(24)16-8-19-17(25-16)12-20-6-2-3-7-20/h8,14-15H,2-7,9-12H2,1H3/t14-,15+/m1/s1. The third-order valence-corrected chi connectivity index (χ3v) is 6.71. The summed E-state index contributed by atoms with van der Waals surface area (Å²) in [6.45, 7) is 7.01. The summed E-state index contributed by atoms with van der Waals surface area (Å²) in [5.74, 6) is 0.630. The summed E-state index contributed by atoms with van der Waals surface area (Å²) < 4.78 is 0. The van der Waals surface area contributed by atoms with Crippen LogP contribution in [0, 0.1) is 5.92 Å². The van der Waals surface area contributed by atoms with Crippen LogP contribution >= 0.6 is 11.3 Å². The molecule has 4 aliphatic rings. The Labute approximate surface area is 152 Å². The van der Waals surface area contributed by atoms with Crippen LogP contribution < -0.4 is 0 Å². The van der Waals surface area contributed by atoms with Gasteiger partial charge in [-0.3, -0.25) is 14.5 Å². The molecule has 0 aliphatic carbocycles. The Morgan fingerprint density at radius 3 is 2.76 bits per heavy atom. The van der Waals surface area contributed by atoms with E-state index in [1.54, 1.807) is 13.1 Å². The van der Waals surface area contributed by atoms with Gasteiger partial charge in [0, 0.05) is 32.6 Å². The van der Waals surface area contributed by atoms with Gasteiger partial charge in [-0.2, -0.15) is 0 Å². The second kappa shape index (κ2) is 7.03. The zero-order valence-corrected chi connectivity index (χ0v) is 15.6. The van der Waals surface area contributed by atoms with Crippen molar-refractivity contribution >= 4 is 23.2 Å². The van der Waals surface area contributed by atoms with E-state index < -0.39 is 0 Å². The monoisotopic (exact) mass is 362 g/mol. The number of hydrogen-bond donors (Lipinski definition) is 0. The Morgan fingerprint density at radius 2 is 2.00 bits per heavy atom. The van der Waals surface area contributed by atoms with E-state index in [9.17, 15) is 9.59 Å². The van der Waals surface area contributed by atoms with Crippen molar-refractivity contribution in [3.8, 4) is 0 Å². The maximum Gasteiger partial charge on any atom is 0.265 e. The van der Waals surface area contributed by atoms with Gasteiger partial charge in [-0.1, -0.05) is 0 Å². The van der Waals surface area contributed by atoms with E-state index in [4.69, 9.17) is 0 Å². The minimum Gasteiger partial charge on any atom is -0.341 e. The fraction of sp³-hybridized carbons (Fsp3) is 0.722. The first-order valence-electron chi connectivity index (χ1n) is 9.33. The Kier molecular flexibility index (Phi) is 4.78. The molecule has 7 heteroatoms. The van der Waals surface area contributed by atoms with Crippen molar-refractivity contribution in [2.75, 3.05) is 32.7 Å². The molecular formula is C18H26N4O2S. The van der Waals surface area contributed by atoms with E-state index in [1.165, 1.54) is 24.2 Å². The Balaban J connectivity index is 1.45. The van der Waals surface area contributed by atoms with Crippen LogP contribution in [0.25, 0.3) is 0 Å². The van der Waals surface area contributed by atoms with Gasteiger partial charge in [-0.25, -0.2) is 4.98 Å². The zero-order valence-electron chi connectivity index (χ0n) is 14.8. The fourth-order valence-electron chi connectivity index (χ4n) is 4.34. The molecule has 136 valence electrons. The lowest BCUT2D eigenvalue weighted by molar-refractivity contribution is -0.129. The number of amides is 2. The number of aromatic nitrogens is 1. The molecule has 0 spiro atoms. The first kappa shape index (κ1) is 17.0. The average Bonchev–Trinajstić information content (AvgIpc) is 3.19. The second-order valence-electron chi connectivity index (χ2n) is 7.58. The largest absolute Gasteiger partial charge is 0.341 e. The van der Waals surface area contributed by atoms with Crippen LogP contribution in [0.5, 0.6) is 0 Å². The molecule has 2 bridgehead atoms. The topological polar surface area (TPSA) is 56.8 Å². The van der Waals surface area contributed by atoms with Gasteiger partial charge in [0.15, 0.2) is 0 Å². The van der Waals surface area contributed by atoms with Crippen molar-refractivity contribution in [3.63, 3.8) is 0 Å². The molecule has 1 aromatic heterocycles. The van der Waals surface area contributed by atoms with Crippen LogP contribution in [-0.2, 0) is 11.3 Å². The Bertz CT molecular complexity index is 655. The van der Waals surface area contributed by atoms with Crippen molar-refractivity contribution in [3.05, 3.63) is 16.1 Å². The zero-order chi connectivity index (χ0) is 17.4. The smallest absolute Gasteiger partial charge is 0.265 e. The number of carbonyl (C=O) groups is 2. The van der Waals surface area contributed by atoms with Gasteiger partial charge in [-0.15, -0.1) is 11.3 Å². The molecular weight excluding hydrogens is 336 g/mol. The van der Waals surface area contributed by atoms with Gasteiger partial charge < -0.3 is 9.80 Å². The summed E-state index contributed by atoms with van der Waals surface area (Å²) in [6, 6.07) is 0.152. The summed E-state index contributed by atoms with van der Waals surface area (Å²) in [7, 11) is 0. The predicted octanol–water partition coefficient (Wildman–Crippen LogP) is 1.82. The highest BCUT2D eigenvalue weighted by Crippen LogP contribution is 2.30. The van der Waals surface area contributed by atoms with Crippen LogP contribution in [0.4, 0.5) is 0 Å². The van der Waals surface area contributed by atoms with Crippen LogP contribution in [0.15, 0.2) is 6.20 Å². The van der Waals surface area contributed by atoms with E-state index in [1.807, 2.05) is 9.80 Å². The molecule has 4 fully saturated rings. The van der Waals surface area contributed by atoms with Gasteiger partial charge in [0.05, 0.1) is 12.7 Å². The lowest BCUT2D eigenvalue weighted by Gasteiger charge is -2.35. The van der Waals surface area contributed by atoms with Crippen molar-refractivity contribution in [1.82, 2.24) is 19.7 Å². The number of likely N-dealkylation sites (tertiary alicyclic amines) is 1. The minimum absolute atomic E-state index is 0.102. The number of carbonyl (C=O) groups excluding carboxylic acids is 2. The Morgan fingerprint density at radius 1 is 1.20 bits per heavy atom. The van der Waals surface area contributed by atoms with E-state index >= 15 is 0 Å². The van der Waals surface area contributed by atoms with Crippen LogP contribution in [-0.4, -0.2) is 70.3 Å². The summed E-state index contributed by atoms with van der Waals surface area (Å²) in [4.78, 5) is 36.4. The summed E-state index contributed by atoms with van der Waals surface area (Å²) in [6.07, 6.45) is 6.39. The number of hydrogen-bond acceptors (Lipinski definition) is 5. The quantitative estimate of drug-likeness (QED) is 0.823. The average molecular weight is 362 g/mol. The van der Waals surface area contributed by atoms with Gasteiger partial charge >= 0.3 is 0 Å². The molecule has 4 saturated heterocycles. The van der Waals surface area contributed by atoms with Gasteiger partial charge in [0.25, 0.3) is 5.91 Å². The highest BCUT2D eigenvalue weighted by atomic mass is 32.1. The molecule has 0 N–H and O–H groups in total. The van der Waals surface area contributed by atoms with E-state index in [0.29, 0.717) is 12.5 Å². The third kappa shape index (κ3) is 3.58. The van der Waals surface area contributed by atoms with Crippen LogP contribution in [0.3, 0.4) is 0 Å². The molecule has 5 rings (SSSR count). The van der Waals surface area contributed by atoms with E-state index in [0.717, 1.165) is 55.5 Å². The fourth-order valence-corrected chi connectivity index (χ4v) is 5.26. The third-order valence-electron chi connectivity index (χ3n) is 5.74. The summed E-state index contributed by atoms with van der Waals surface area (Å²) in [5, 5.41) is 1.04. The molecule has 0 aromatic carbocycles. The van der Waals surface area contributed by atoms with Crippen molar-refractivity contribution < 1.29 is 9.59 Å². The normalized spacial score (nSPS) is 26.9. The SMILES string of the molecule is CC(=O)N1C[C@H]2CC[C@@H](C1)N(C(=O)c1cnc(CN3CCCC3)s1)C2. The number of nitrogens with zero attached hydrogens (tertiary/aromatic N) is 4. The van der Waals surface area contributed by atoms with Crippen LogP contribution in [0.2, 0.25) is 0 Å². The maximum absolute atomic E-state index is 13.0.